The van der Waals surface area contributed by atoms with Crippen LogP contribution in [0, 0.1) is 6.92 Å². The van der Waals surface area contributed by atoms with E-state index in [4.69, 9.17) is 26.1 Å². The van der Waals surface area contributed by atoms with Gasteiger partial charge in [-0.05, 0) is 57.0 Å². The van der Waals surface area contributed by atoms with E-state index in [0.29, 0.717) is 46.6 Å². The summed E-state index contributed by atoms with van der Waals surface area (Å²) in [6.45, 7) is 12.8. The van der Waals surface area contributed by atoms with Crippen molar-refractivity contribution in [3.05, 3.63) is 94.6 Å². The van der Waals surface area contributed by atoms with Crippen LogP contribution in [0.5, 0.6) is 11.5 Å². The number of carbonyl (C=O) groups is 2. The number of carbonyl (C=O) groups excluding carboxylic acids is 2. The van der Waals surface area contributed by atoms with Crippen molar-refractivity contribution in [1.82, 2.24) is 15.1 Å². The summed E-state index contributed by atoms with van der Waals surface area (Å²) in [6.07, 6.45) is 5.25. The number of urea groups is 1. The molecular formula is C32H37ClN4O4. The highest BCUT2D eigenvalue weighted by Crippen LogP contribution is 2.41. The lowest BCUT2D eigenvalue weighted by Gasteiger charge is -2.36. The summed E-state index contributed by atoms with van der Waals surface area (Å²) in [5.41, 5.74) is 3.26. The lowest BCUT2D eigenvalue weighted by molar-refractivity contribution is -0.123. The number of piperazine rings is 1. The topological polar surface area (TPSA) is 83.5 Å². The number of hydrogen-bond donors (Lipinski definition) is 1. The molecule has 216 valence electrons. The summed E-state index contributed by atoms with van der Waals surface area (Å²) in [4.78, 5) is 35.1. The van der Waals surface area contributed by atoms with Crippen molar-refractivity contribution in [2.45, 2.75) is 45.9 Å². The van der Waals surface area contributed by atoms with Crippen molar-refractivity contribution in [3.63, 3.8) is 0 Å². The van der Waals surface area contributed by atoms with E-state index in [0.717, 1.165) is 11.1 Å². The highest BCUT2D eigenvalue weighted by atomic mass is 35.5. The summed E-state index contributed by atoms with van der Waals surface area (Å²) in [6, 6.07) is 12.1. The van der Waals surface area contributed by atoms with Crippen LogP contribution < -0.4 is 14.8 Å². The van der Waals surface area contributed by atoms with Gasteiger partial charge in [0.15, 0.2) is 0 Å². The van der Waals surface area contributed by atoms with E-state index in [-0.39, 0.29) is 24.6 Å². The number of ether oxygens (including phenoxy) is 2. The molecule has 1 fully saturated rings. The fraction of sp³-hybridized carbons (Fsp3) is 0.344. The lowest BCUT2D eigenvalue weighted by atomic mass is 9.93. The van der Waals surface area contributed by atoms with Crippen LogP contribution in [0.3, 0.4) is 0 Å². The first-order valence-electron chi connectivity index (χ1n) is 13.7. The first-order chi connectivity index (χ1) is 19.6. The molecule has 1 saturated heterocycles. The quantitative estimate of drug-likeness (QED) is 0.404. The van der Waals surface area contributed by atoms with Crippen LogP contribution in [0.1, 0.15) is 43.5 Å². The van der Waals surface area contributed by atoms with Crippen molar-refractivity contribution in [3.8, 4) is 11.5 Å². The van der Waals surface area contributed by atoms with Crippen LogP contribution in [-0.2, 0) is 4.79 Å². The molecule has 2 aliphatic rings. The number of halogens is 1. The maximum Gasteiger partial charge on any atom is 0.326 e. The second-order valence-electron chi connectivity index (χ2n) is 10.3. The van der Waals surface area contributed by atoms with Gasteiger partial charge in [0, 0.05) is 24.2 Å². The molecule has 2 heterocycles. The minimum Gasteiger partial charge on any atom is -0.497 e. The highest BCUT2D eigenvalue weighted by Gasteiger charge is 2.45. The Kier molecular flexibility index (Phi) is 9.55. The Bertz CT molecular complexity index is 1410. The van der Waals surface area contributed by atoms with E-state index in [2.05, 4.69) is 18.0 Å². The van der Waals surface area contributed by atoms with Crippen LogP contribution in [0.25, 0.3) is 0 Å². The van der Waals surface area contributed by atoms with E-state index in [1.165, 1.54) is 0 Å². The SMILES string of the molecule is C=C(/C=C\C(Cl)=C/C)[C@@H]1N=C(c2ccc(OC)cc2OC(C)C)N(C(=O)N2CCNC(=O)C2)[C@@H]1c1cccc(C)c1. The summed E-state index contributed by atoms with van der Waals surface area (Å²) in [5, 5.41) is 3.36. The number of aryl methyl sites for hydroxylation is 1. The number of methoxy groups -OCH3 is 1. The fourth-order valence-electron chi connectivity index (χ4n) is 4.92. The molecular weight excluding hydrogens is 540 g/mol. The van der Waals surface area contributed by atoms with Crippen molar-refractivity contribution in [2.24, 2.45) is 4.99 Å². The van der Waals surface area contributed by atoms with Crippen molar-refractivity contribution < 1.29 is 19.1 Å². The third-order valence-corrected chi connectivity index (χ3v) is 7.21. The predicted molar refractivity (Wildman–Crippen MR) is 163 cm³/mol. The zero-order valence-corrected chi connectivity index (χ0v) is 24.9. The normalized spacial score (nSPS) is 19.4. The van der Waals surface area contributed by atoms with E-state index in [9.17, 15) is 9.59 Å². The maximum atomic E-state index is 14.4. The van der Waals surface area contributed by atoms with Gasteiger partial charge in [0.05, 0.1) is 24.8 Å². The molecule has 0 unspecified atom stereocenters. The molecule has 0 radical (unpaired) electrons. The number of amides is 3. The highest BCUT2D eigenvalue weighted by molar-refractivity contribution is 6.31. The van der Waals surface area contributed by atoms with Gasteiger partial charge >= 0.3 is 6.03 Å². The number of hydrogen-bond acceptors (Lipinski definition) is 5. The number of nitrogens with one attached hydrogen (secondary N) is 1. The van der Waals surface area contributed by atoms with Gasteiger partial charge in [-0.15, -0.1) is 0 Å². The minimum absolute atomic E-state index is 0.0382. The second-order valence-corrected chi connectivity index (χ2v) is 10.7. The van der Waals surface area contributed by atoms with Crippen LogP contribution in [0.2, 0.25) is 0 Å². The first-order valence-corrected chi connectivity index (χ1v) is 14.0. The zero-order valence-electron chi connectivity index (χ0n) is 24.2. The molecule has 2 atom stereocenters. The van der Waals surface area contributed by atoms with Crippen molar-refractivity contribution in [2.75, 3.05) is 26.7 Å². The Morgan fingerprint density at radius 2 is 2.00 bits per heavy atom. The summed E-state index contributed by atoms with van der Waals surface area (Å²) < 4.78 is 11.7. The third kappa shape index (κ3) is 6.82. The average molecular weight is 577 g/mol. The molecule has 0 aliphatic carbocycles. The Morgan fingerprint density at radius 3 is 2.66 bits per heavy atom. The molecule has 41 heavy (non-hydrogen) atoms. The van der Waals surface area contributed by atoms with Gasteiger partial charge in [0.25, 0.3) is 0 Å². The maximum absolute atomic E-state index is 14.4. The molecule has 2 aliphatic heterocycles. The first kappa shape index (κ1) is 29.9. The van der Waals surface area contributed by atoms with Crippen molar-refractivity contribution in [1.29, 1.82) is 0 Å². The van der Waals surface area contributed by atoms with Gasteiger partial charge in [0.1, 0.15) is 29.9 Å². The molecule has 1 N–H and O–H groups in total. The number of amidine groups is 1. The van der Waals surface area contributed by atoms with Crippen molar-refractivity contribution >= 4 is 29.4 Å². The van der Waals surface area contributed by atoms with Crippen LogP contribution in [0.4, 0.5) is 4.79 Å². The van der Waals surface area contributed by atoms with Crippen LogP contribution in [0.15, 0.2) is 82.9 Å². The predicted octanol–water partition coefficient (Wildman–Crippen LogP) is 5.77. The van der Waals surface area contributed by atoms with Crippen LogP contribution >= 0.6 is 11.6 Å². The number of benzene rings is 2. The number of nitrogens with zero attached hydrogens (tertiary/aromatic N) is 3. The van der Waals surface area contributed by atoms with Gasteiger partial charge in [-0.3, -0.25) is 14.7 Å². The fourth-order valence-corrected chi connectivity index (χ4v) is 4.98. The molecule has 0 aromatic heterocycles. The molecule has 0 spiro atoms. The van der Waals surface area contributed by atoms with E-state index in [1.807, 2.05) is 64.1 Å². The summed E-state index contributed by atoms with van der Waals surface area (Å²) >= 11 is 6.27. The van der Waals surface area contributed by atoms with E-state index in [1.54, 1.807) is 35.1 Å². The average Bonchev–Trinajstić information content (AvgIpc) is 3.35. The van der Waals surface area contributed by atoms with Crippen LogP contribution in [-0.4, -0.2) is 66.5 Å². The number of allylic oxidation sites excluding steroid dienone is 3. The Hall–Kier alpha value is -4.04. The van der Waals surface area contributed by atoms with Gasteiger partial charge in [0.2, 0.25) is 5.91 Å². The largest absolute Gasteiger partial charge is 0.497 e. The smallest absolute Gasteiger partial charge is 0.326 e. The molecule has 3 amide bonds. The Balaban J connectivity index is 1.93. The second kappa shape index (κ2) is 13.1. The zero-order chi connectivity index (χ0) is 29.7. The molecule has 2 aromatic rings. The molecule has 8 nitrogen and oxygen atoms in total. The van der Waals surface area contributed by atoms with Gasteiger partial charge < -0.3 is 19.7 Å². The number of aliphatic imine (C=N–C) groups is 1. The third-order valence-electron chi connectivity index (χ3n) is 6.87. The Morgan fingerprint density at radius 1 is 1.22 bits per heavy atom. The molecule has 0 bridgehead atoms. The van der Waals surface area contributed by atoms with E-state index < -0.39 is 12.1 Å². The molecule has 4 rings (SSSR count). The Labute approximate surface area is 247 Å². The standard InChI is InChI=1S/C32H37ClN4O4/c1-7-24(33)12-11-22(5)29-30(23-10-8-9-21(4)17-23)37(32(39)36-16-15-34-28(38)19-36)31(35-29)26-14-13-25(40-6)18-27(26)41-20(2)3/h7-14,17-18,20,29-30H,5,15-16,19H2,1-4,6H3,(H,34,38)/b12-11-,24-7+/t29-,30+/m0/s1. The number of rotatable bonds is 8. The minimum atomic E-state index is -0.530. The van der Waals surface area contributed by atoms with E-state index >= 15 is 0 Å². The molecule has 9 heteroatoms. The van der Waals surface area contributed by atoms with Gasteiger partial charge in [-0.25, -0.2) is 4.79 Å². The monoisotopic (exact) mass is 576 g/mol. The summed E-state index contributed by atoms with van der Waals surface area (Å²) in [5.74, 6) is 1.39. The summed E-state index contributed by atoms with van der Waals surface area (Å²) in [7, 11) is 1.59. The molecule has 0 saturated carbocycles. The van der Waals surface area contributed by atoms with Gasteiger partial charge in [-0.2, -0.15) is 0 Å². The van der Waals surface area contributed by atoms with Gasteiger partial charge in [-0.1, -0.05) is 60.2 Å². The molecule has 2 aromatic carbocycles. The lowest BCUT2D eigenvalue weighted by Crippen LogP contribution is -2.55.